The highest BCUT2D eigenvalue weighted by atomic mass is 16.6. The van der Waals surface area contributed by atoms with E-state index in [-0.39, 0.29) is 6.61 Å². The summed E-state index contributed by atoms with van der Waals surface area (Å²) in [5.74, 6) is -0.412. The van der Waals surface area contributed by atoms with Crippen molar-refractivity contribution in [3.63, 3.8) is 0 Å². The van der Waals surface area contributed by atoms with Gasteiger partial charge in [0.05, 0.1) is 12.1 Å². The van der Waals surface area contributed by atoms with E-state index in [1.165, 1.54) is 0 Å². The van der Waals surface area contributed by atoms with E-state index < -0.39 is 35.9 Å². The summed E-state index contributed by atoms with van der Waals surface area (Å²) in [6.07, 6.45) is -2.38. The first kappa shape index (κ1) is 14.2. The summed E-state index contributed by atoms with van der Waals surface area (Å²) < 4.78 is 5.05. The highest BCUT2D eigenvalue weighted by Crippen LogP contribution is 2.26. The Morgan fingerprint density at radius 2 is 1.94 bits per heavy atom. The topological polar surface area (TPSA) is 99.0 Å². The number of nitrogens with one attached hydrogen (secondary N) is 1. The quantitative estimate of drug-likeness (QED) is 0.533. The van der Waals surface area contributed by atoms with Gasteiger partial charge in [-0.05, 0) is 27.2 Å². The van der Waals surface area contributed by atoms with E-state index in [0.717, 1.165) is 0 Å². The molecule has 6 heteroatoms. The molecule has 1 rings (SSSR count). The lowest BCUT2D eigenvalue weighted by Crippen LogP contribution is -2.45. The molecule has 0 bridgehead atoms. The zero-order valence-corrected chi connectivity index (χ0v) is 10.4. The number of carbonyl (C=O) groups is 1. The van der Waals surface area contributed by atoms with Crippen LogP contribution in [0, 0.1) is 5.92 Å². The molecule has 0 aromatic rings. The Hall–Kier alpha value is -0.850. The van der Waals surface area contributed by atoms with Crippen LogP contribution in [0.2, 0.25) is 0 Å². The van der Waals surface area contributed by atoms with Crippen molar-refractivity contribution in [1.29, 1.82) is 0 Å². The fourth-order valence-electron chi connectivity index (χ4n) is 1.91. The van der Waals surface area contributed by atoms with Crippen LogP contribution in [0.25, 0.3) is 0 Å². The Bertz CT molecular complexity index is 276. The van der Waals surface area contributed by atoms with Gasteiger partial charge in [-0.15, -0.1) is 0 Å². The van der Waals surface area contributed by atoms with E-state index in [1.54, 1.807) is 20.8 Å². The van der Waals surface area contributed by atoms with Crippen molar-refractivity contribution in [2.45, 2.75) is 51.0 Å². The van der Waals surface area contributed by atoms with E-state index in [2.05, 4.69) is 5.32 Å². The first-order chi connectivity index (χ1) is 7.74. The summed E-state index contributed by atoms with van der Waals surface area (Å²) in [7, 11) is 0. The lowest BCUT2D eigenvalue weighted by molar-refractivity contribution is -0.00266. The molecule has 4 unspecified atom stereocenters. The van der Waals surface area contributed by atoms with Gasteiger partial charge in [-0.25, -0.2) is 4.79 Å². The fraction of sp³-hybridized carbons (Fsp3) is 0.909. The van der Waals surface area contributed by atoms with E-state index >= 15 is 0 Å². The molecule has 1 aliphatic carbocycles. The van der Waals surface area contributed by atoms with Gasteiger partial charge in [0, 0.05) is 12.5 Å². The molecule has 0 spiro atoms. The predicted octanol–water partition coefficient (Wildman–Crippen LogP) is -0.386. The van der Waals surface area contributed by atoms with Crippen LogP contribution in [0.1, 0.15) is 27.2 Å². The summed E-state index contributed by atoms with van der Waals surface area (Å²) in [4.78, 5) is 11.5. The zero-order chi connectivity index (χ0) is 13.2. The van der Waals surface area contributed by atoms with Gasteiger partial charge in [-0.1, -0.05) is 0 Å². The first-order valence-electron chi connectivity index (χ1n) is 5.71. The maximum absolute atomic E-state index is 11.5. The van der Waals surface area contributed by atoms with Gasteiger partial charge >= 0.3 is 6.09 Å². The number of aliphatic hydroxyl groups is 3. The molecular weight excluding hydrogens is 226 g/mol. The van der Waals surface area contributed by atoms with Crippen LogP contribution < -0.4 is 5.32 Å². The minimum atomic E-state index is -1.07. The minimum absolute atomic E-state index is 0.218. The van der Waals surface area contributed by atoms with Crippen molar-refractivity contribution in [3.05, 3.63) is 0 Å². The number of aliphatic hydroxyl groups excluding tert-OH is 3. The maximum atomic E-state index is 11.5. The number of hydrogen-bond donors (Lipinski definition) is 4. The monoisotopic (exact) mass is 247 g/mol. The summed E-state index contributed by atoms with van der Waals surface area (Å²) in [6, 6.07) is -0.586. The third-order valence-corrected chi connectivity index (χ3v) is 2.74. The Balaban J connectivity index is 2.50. The Kier molecular flexibility index (Phi) is 4.35. The summed E-state index contributed by atoms with van der Waals surface area (Å²) >= 11 is 0. The number of rotatable bonds is 2. The number of ether oxygens (including phenoxy) is 1. The van der Waals surface area contributed by atoms with Crippen LogP contribution in [0.3, 0.4) is 0 Å². The molecule has 4 atom stereocenters. The van der Waals surface area contributed by atoms with Crippen LogP contribution >= 0.6 is 0 Å². The number of carbonyl (C=O) groups excluding carboxylic acids is 1. The molecule has 1 amide bonds. The van der Waals surface area contributed by atoms with E-state index in [4.69, 9.17) is 9.84 Å². The lowest BCUT2D eigenvalue weighted by Gasteiger charge is -2.23. The van der Waals surface area contributed by atoms with Gasteiger partial charge in [0.2, 0.25) is 0 Å². The first-order valence-corrected chi connectivity index (χ1v) is 5.71. The van der Waals surface area contributed by atoms with Crippen molar-refractivity contribution in [2.24, 2.45) is 5.92 Å². The van der Waals surface area contributed by atoms with E-state index in [9.17, 15) is 15.0 Å². The number of alkyl carbamates (subject to hydrolysis) is 1. The molecule has 0 radical (unpaired) electrons. The largest absolute Gasteiger partial charge is 0.444 e. The van der Waals surface area contributed by atoms with Crippen LogP contribution in [-0.2, 0) is 4.74 Å². The van der Waals surface area contributed by atoms with Crippen LogP contribution in [0.4, 0.5) is 4.79 Å². The standard InChI is InChI=1S/C11H21NO5/c1-11(2,3)17-10(16)12-7-4-6(5-13)8(14)9(7)15/h6-9,13-15H,4-5H2,1-3H3,(H,12,16). The Morgan fingerprint density at radius 3 is 2.35 bits per heavy atom. The number of hydrogen-bond acceptors (Lipinski definition) is 5. The van der Waals surface area contributed by atoms with Crippen molar-refractivity contribution in [2.75, 3.05) is 6.61 Å². The summed E-state index contributed by atoms with van der Waals surface area (Å²) in [6.45, 7) is 5.00. The molecule has 4 N–H and O–H groups in total. The fourth-order valence-corrected chi connectivity index (χ4v) is 1.91. The van der Waals surface area contributed by atoms with Crippen molar-refractivity contribution in [1.82, 2.24) is 5.32 Å². The van der Waals surface area contributed by atoms with Gasteiger partial charge < -0.3 is 25.4 Å². The third-order valence-electron chi connectivity index (χ3n) is 2.74. The molecule has 0 aliphatic heterocycles. The summed E-state index contributed by atoms with van der Waals surface area (Å²) in [5, 5.41) is 30.7. The second kappa shape index (κ2) is 5.20. The molecule has 1 saturated carbocycles. The maximum Gasteiger partial charge on any atom is 0.407 e. The van der Waals surface area contributed by atoms with Gasteiger partial charge in [0.15, 0.2) is 0 Å². The van der Waals surface area contributed by atoms with Gasteiger partial charge in [0.1, 0.15) is 11.7 Å². The summed E-state index contributed by atoms with van der Waals surface area (Å²) in [5.41, 5.74) is -0.608. The molecule has 0 aromatic heterocycles. The molecule has 1 aliphatic rings. The Morgan fingerprint density at radius 1 is 1.35 bits per heavy atom. The SMILES string of the molecule is CC(C)(C)OC(=O)NC1CC(CO)C(O)C1O. The second-order valence-electron chi connectivity index (χ2n) is 5.41. The molecule has 0 heterocycles. The molecule has 100 valence electrons. The molecule has 6 nitrogen and oxygen atoms in total. The minimum Gasteiger partial charge on any atom is -0.444 e. The normalized spacial score (nSPS) is 33.5. The van der Waals surface area contributed by atoms with Gasteiger partial charge in [-0.2, -0.15) is 0 Å². The van der Waals surface area contributed by atoms with Gasteiger partial charge in [0.25, 0.3) is 0 Å². The van der Waals surface area contributed by atoms with Crippen molar-refractivity contribution in [3.8, 4) is 0 Å². The van der Waals surface area contributed by atoms with Crippen molar-refractivity contribution < 1.29 is 24.9 Å². The molecule has 0 saturated heterocycles. The predicted molar refractivity (Wildman–Crippen MR) is 60.4 cm³/mol. The van der Waals surface area contributed by atoms with E-state index in [1.807, 2.05) is 0 Å². The van der Waals surface area contributed by atoms with Crippen LogP contribution in [0.5, 0.6) is 0 Å². The van der Waals surface area contributed by atoms with Crippen molar-refractivity contribution >= 4 is 6.09 Å². The molecular formula is C11H21NO5. The highest BCUT2D eigenvalue weighted by molar-refractivity contribution is 5.68. The highest BCUT2D eigenvalue weighted by Gasteiger charge is 2.42. The van der Waals surface area contributed by atoms with Crippen LogP contribution in [0.15, 0.2) is 0 Å². The smallest absolute Gasteiger partial charge is 0.407 e. The van der Waals surface area contributed by atoms with E-state index in [0.29, 0.717) is 6.42 Å². The zero-order valence-electron chi connectivity index (χ0n) is 10.4. The van der Waals surface area contributed by atoms with Crippen LogP contribution in [-0.4, -0.2) is 51.9 Å². The molecule has 0 aromatic carbocycles. The van der Waals surface area contributed by atoms with Gasteiger partial charge in [-0.3, -0.25) is 0 Å². The average Bonchev–Trinajstić information content (AvgIpc) is 2.43. The molecule has 1 fully saturated rings. The lowest BCUT2D eigenvalue weighted by atomic mass is 10.1. The third kappa shape index (κ3) is 3.83. The molecule has 17 heavy (non-hydrogen) atoms. The average molecular weight is 247 g/mol. The second-order valence-corrected chi connectivity index (χ2v) is 5.41. The number of amides is 1. The Labute approximate surface area is 101 Å².